The van der Waals surface area contributed by atoms with E-state index in [0.29, 0.717) is 6.04 Å². The number of piperidine rings is 1. The molecule has 0 aromatic heterocycles. The number of hydrogen-bond acceptors (Lipinski definition) is 2. The molecule has 1 aromatic rings. The van der Waals surface area contributed by atoms with E-state index >= 15 is 0 Å². The van der Waals surface area contributed by atoms with Crippen LogP contribution in [0.15, 0.2) is 24.3 Å². The molecule has 1 saturated heterocycles. The summed E-state index contributed by atoms with van der Waals surface area (Å²) >= 11 is 0. The number of rotatable bonds is 3. The van der Waals surface area contributed by atoms with Crippen LogP contribution < -0.4 is 10.6 Å². The number of anilines is 1. The lowest BCUT2D eigenvalue weighted by Crippen LogP contribution is -2.38. The Morgan fingerprint density at radius 2 is 2.27 bits per heavy atom. The van der Waals surface area contributed by atoms with Crippen LogP contribution in [-0.2, 0) is 6.42 Å². The van der Waals surface area contributed by atoms with Gasteiger partial charge in [-0.2, -0.15) is 0 Å². The van der Waals surface area contributed by atoms with Gasteiger partial charge in [0.2, 0.25) is 0 Å². The normalized spacial score (nSPS) is 21.3. The number of aryl methyl sites for hydroxylation is 1. The zero-order valence-electron chi connectivity index (χ0n) is 9.42. The molecule has 1 aliphatic heterocycles. The van der Waals surface area contributed by atoms with E-state index < -0.39 is 0 Å². The van der Waals surface area contributed by atoms with Crippen molar-refractivity contribution in [3.63, 3.8) is 0 Å². The number of hydrogen-bond donors (Lipinski definition) is 2. The third-order valence-electron chi connectivity index (χ3n) is 3.05. The van der Waals surface area contributed by atoms with E-state index in [4.69, 9.17) is 0 Å². The van der Waals surface area contributed by atoms with Gasteiger partial charge >= 0.3 is 0 Å². The van der Waals surface area contributed by atoms with Crippen LogP contribution in [0.2, 0.25) is 0 Å². The first-order valence-corrected chi connectivity index (χ1v) is 5.95. The molecule has 1 atom stereocenters. The van der Waals surface area contributed by atoms with Gasteiger partial charge in [0.1, 0.15) is 0 Å². The van der Waals surface area contributed by atoms with Gasteiger partial charge in [-0.05, 0) is 37.4 Å². The van der Waals surface area contributed by atoms with Crippen LogP contribution in [0.25, 0.3) is 0 Å². The standard InChI is InChI=1S/C13H20N2/c1-2-11-6-3-4-8-13(11)15-12-7-5-9-14-10-12/h3-4,6,8,12,14-15H,2,5,7,9-10H2,1H3. The van der Waals surface area contributed by atoms with Gasteiger partial charge in [-0.25, -0.2) is 0 Å². The molecule has 0 saturated carbocycles. The Labute approximate surface area is 92.1 Å². The quantitative estimate of drug-likeness (QED) is 0.790. The molecule has 15 heavy (non-hydrogen) atoms. The molecular weight excluding hydrogens is 184 g/mol. The Balaban J connectivity index is 2.02. The smallest absolute Gasteiger partial charge is 0.0386 e. The van der Waals surface area contributed by atoms with E-state index in [1.807, 2.05) is 0 Å². The van der Waals surface area contributed by atoms with Gasteiger partial charge in [0.05, 0.1) is 0 Å². The van der Waals surface area contributed by atoms with Crippen molar-refractivity contribution in [1.82, 2.24) is 5.32 Å². The lowest BCUT2D eigenvalue weighted by Gasteiger charge is -2.25. The van der Waals surface area contributed by atoms with Gasteiger partial charge in [-0.15, -0.1) is 0 Å². The topological polar surface area (TPSA) is 24.1 Å². The number of para-hydroxylation sites is 1. The molecule has 2 nitrogen and oxygen atoms in total. The molecule has 0 spiro atoms. The van der Waals surface area contributed by atoms with Gasteiger partial charge in [-0.3, -0.25) is 0 Å². The fraction of sp³-hybridized carbons (Fsp3) is 0.538. The van der Waals surface area contributed by atoms with E-state index in [1.54, 1.807) is 0 Å². The van der Waals surface area contributed by atoms with Crippen molar-refractivity contribution < 1.29 is 0 Å². The van der Waals surface area contributed by atoms with Crippen molar-refractivity contribution in [2.75, 3.05) is 18.4 Å². The Hall–Kier alpha value is -1.02. The molecule has 1 heterocycles. The molecule has 2 heteroatoms. The zero-order chi connectivity index (χ0) is 10.5. The molecule has 0 radical (unpaired) electrons. The Morgan fingerprint density at radius 3 is 3.00 bits per heavy atom. The van der Waals surface area contributed by atoms with E-state index in [1.165, 1.54) is 30.6 Å². The first-order valence-electron chi connectivity index (χ1n) is 5.95. The van der Waals surface area contributed by atoms with E-state index in [9.17, 15) is 0 Å². The van der Waals surface area contributed by atoms with E-state index in [-0.39, 0.29) is 0 Å². The van der Waals surface area contributed by atoms with Crippen LogP contribution in [0.3, 0.4) is 0 Å². The van der Waals surface area contributed by atoms with Crippen LogP contribution in [-0.4, -0.2) is 19.1 Å². The second-order valence-corrected chi connectivity index (χ2v) is 4.20. The minimum absolute atomic E-state index is 0.603. The lowest BCUT2D eigenvalue weighted by molar-refractivity contribution is 0.479. The van der Waals surface area contributed by atoms with Crippen molar-refractivity contribution in [3.05, 3.63) is 29.8 Å². The van der Waals surface area contributed by atoms with Gasteiger partial charge in [-0.1, -0.05) is 25.1 Å². The van der Waals surface area contributed by atoms with Crippen LogP contribution in [0.4, 0.5) is 5.69 Å². The minimum Gasteiger partial charge on any atom is -0.381 e. The molecule has 2 rings (SSSR count). The van der Waals surface area contributed by atoms with Crippen molar-refractivity contribution in [1.29, 1.82) is 0 Å². The summed E-state index contributed by atoms with van der Waals surface area (Å²) in [6.45, 7) is 4.48. The van der Waals surface area contributed by atoms with Crippen molar-refractivity contribution in [2.24, 2.45) is 0 Å². The molecule has 0 amide bonds. The zero-order valence-corrected chi connectivity index (χ0v) is 9.42. The first kappa shape index (κ1) is 10.5. The van der Waals surface area contributed by atoms with E-state index in [2.05, 4.69) is 41.8 Å². The lowest BCUT2D eigenvalue weighted by atomic mass is 10.1. The molecule has 0 bridgehead atoms. The summed E-state index contributed by atoms with van der Waals surface area (Å²) in [7, 11) is 0. The summed E-state index contributed by atoms with van der Waals surface area (Å²) in [6.07, 6.45) is 3.67. The highest BCUT2D eigenvalue weighted by Crippen LogP contribution is 2.18. The maximum Gasteiger partial charge on any atom is 0.0386 e. The van der Waals surface area contributed by atoms with Crippen LogP contribution in [0, 0.1) is 0 Å². The SMILES string of the molecule is CCc1ccccc1NC1CCCNC1. The largest absolute Gasteiger partial charge is 0.381 e. The highest BCUT2D eigenvalue weighted by Gasteiger charge is 2.13. The highest BCUT2D eigenvalue weighted by molar-refractivity contribution is 5.51. The molecule has 1 aromatic carbocycles. The highest BCUT2D eigenvalue weighted by atomic mass is 15.0. The second kappa shape index (κ2) is 5.17. The van der Waals surface area contributed by atoms with Crippen LogP contribution in [0.5, 0.6) is 0 Å². The Morgan fingerprint density at radius 1 is 1.40 bits per heavy atom. The molecular formula is C13H20N2. The minimum atomic E-state index is 0.603. The van der Waals surface area contributed by atoms with Crippen molar-refractivity contribution in [3.8, 4) is 0 Å². The summed E-state index contributed by atoms with van der Waals surface area (Å²) in [6, 6.07) is 9.22. The summed E-state index contributed by atoms with van der Waals surface area (Å²) in [4.78, 5) is 0. The average molecular weight is 204 g/mol. The molecule has 2 N–H and O–H groups in total. The number of nitrogens with one attached hydrogen (secondary N) is 2. The summed E-state index contributed by atoms with van der Waals surface area (Å²) < 4.78 is 0. The van der Waals surface area contributed by atoms with Gasteiger partial charge in [0.25, 0.3) is 0 Å². The molecule has 0 aliphatic carbocycles. The fourth-order valence-electron chi connectivity index (χ4n) is 2.16. The van der Waals surface area contributed by atoms with Gasteiger partial charge < -0.3 is 10.6 Å². The maximum atomic E-state index is 3.64. The molecule has 1 unspecified atom stereocenters. The third-order valence-corrected chi connectivity index (χ3v) is 3.05. The van der Waals surface area contributed by atoms with Crippen molar-refractivity contribution in [2.45, 2.75) is 32.2 Å². The van der Waals surface area contributed by atoms with Crippen LogP contribution >= 0.6 is 0 Å². The maximum absolute atomic E-state index is 3.64. The van der Waals surface area contributed by atoms with E-state index in [0.717, 1.165) is 13.0 Å². The van der Waals surface area contributed by atoms with Crippen LogP contribution in [0.1, 0.15) is 25.3 Å². The monoisotopic (exact) mass is 204 g/mol. The molecule has 1 fully saturated rings. The average Bonchev–Trinajstić information content (AvgIpc) is 2.31. The second-order valence-electron chi connectivity index (χ2n) is 4.20. The molecule has 1 aliphatic rings. The Bertz CT molecular complexity index is 303. The van der Waals surface area contributed by atoms with Gasteiger partial charge in [0.15, 0.2) is 0 Å². The summed E-state index contributed by atoms with van der Waals surface area (Å²) in [5.41, 5.74) is 2.73. The van der Waals surface area contributed by atoms with Crippen molar-refractivity contribution >= 4 is 5.69 Å². The fourth-order valence-corrected chi connectivity index (χ4v) is 2.16. The predicted molar refractivity (Wildman–Crippen MR) is 65.3 cm³/mol. The first-order chi connectivity index (χ1) is 7.40. The third kappa shape index (κ3) is 2.72. The summed E-state index contributed by atoms with van der Waals surface area (Å²) in [5.74, 6) is 0. The Kier molecular flexibility index (Phi) is 3.62. The summed E-state index contributed by atoms with van der Waals surface area (Å²) in [5, 5.41) is 7.07. The van der Waals surface area contributed by atoms with Gasteiger partial charge in [0, 0.05) is 18.3 Å². The number of benzene rings is 1. The predicted octanol–water partition coefficient (Wildman–Crippen LogP) is 2.41. The molecule has 82 valence electrons.